The highest BCUT2D eigenvalue weighted by molar-refractivity contribution is 5.82. The Morgan fingerprint density at radius 3 is 2.40 bits per heavy atom. The molecule has 2 aliphatic rings. The van der Waals surface area contributed by atoms with Crippen LogP contribution < -0.4 is 0 Å². The minimum Gasteiger partial charge on any atom is -0.479 e. The summed E-state index contributed by atoms with van der Waals surface area (Å²) in [6.45, 7) is 0.840. The van der Waals surface area contributed by atoms with Crippen LogP contribution in [0.3, 0.4) is 0 Å². The Labute approximate surface area is 88.0 Å². The van der Waals surface area contributed by atoms with Crippen LogP contribution in [-0.4, -0.2) is 47.2 Å². The van der Waals surface area contributed by atoms with Crippen molar-refractivity contribution < 1.29 is 19.4 Å². The van der Waals surface area contributed by atoms with Gasteiger partial charge in [0, 0.05) is 32.1 Å². The van der Waals surface area contributed by atoms with Crippen LogP contribution in [0.4, 0.5) is 0 Å². The zero-order valence-corrected chi connectivity index (χ0v) is 8.52. The second-order valence-electron chi connectivity index (χ2n) is 4.19. The molecule has 84 valence electrons. The highest BCUT2D eigenvalue weighted by Crippen LogP contribution is 2.37. The fourth-order valence-corrected chi connectivity index (χ4v) is 2.18. The molecule has 15 heavy (non-hydrogen) atoms. The summed E-state index contributed by atoms with van der Waals surface area (Å²) in [6.07, 6.45) is 3.34. The number of carboxylic acids is 1. The van der Waals surface area contributed by atoms with E-state index in [1.54, 1.807) is 0 Å². The van der Waals surface area contributed by atoms with Gasteiger partial charge in [0.25, 0.3) is 0 Å². The summed E-state index contributed by atoms with van der Waals surface area (Å²) in [6, 6.07) is 0.136. The van der Waals surface area contributed by atoms with Crippen molar-refractivity contribution in [2.75, 3.05) is 13.2 Å². The molecule has 0 radical (unpaired) electrons. The molecule has 1 aliphatic carbocycles. The van der Waals surface area contributed by atoms with Crippen LogP contribution in [0.2, 0.25) is 0 Å². The van der Waals surface area contributed by atoms with E-state index in [9.17, 15) is 14.7 Å². The number of amides is 1. The molecule has 2 rings (SSSR count). The van der Waals surface area contributed by atoms with E-state index in [0.29, 0.717) is 32.5 Å². The number of hydrogen-bond acceptors (Lipinski definition) is 3. The van der Waals surface area contributed by atoms with Gasteiger partial charge in [0.05, 0.1) is 0 Å². The zero-order chi connectivity index (χ0) is 10.9. The first kappa shape index (κ1) is 10.4. The topological polar surface area (TPSA) is 66.8 Å². The number of carboxylic acid groups (broad SMARTS) is 1. The molecule has 1 saturated carbocycles. The maximum atomic E-state index is 11.4. The summed E-state index contributed by atoms with van der Waals surface area (Å²) in [7, 11) is 0. The van der Waals surface area contributed by atoms with E-state index in [-0.39, 0.29) is 6.04 Å². The van der Waals surface area contributed by atoms with Crippen molar-refractivity contribution in [2.45, 2.75) is 37.3 Å². The molecule has 5 nitrogen and oxygen atoms in total. The van der Waals surface area contributed by atoms with Crippen LogP contribution in [0.5, 0.6) is 0 Å². The molecule has 0 unspecified atom stereocenters. The molecular weight excluding hydrogens is 198 g/mol. The molecule has 1 amide bonds. The van der Waals surface area contributed by atoms with E-state index in [2.05, 4.69) is 0 Å². The third-order valence-electron chi connectivity index (χ3n) is 3.27. The zero-order valence-electron chi connectivity index (χ0n) is 8.52. The number of carbonyl (C=O) groups excluding carboxylic acids is 1. The van der Waals surface area contributed by atoms with E-state index in [1.807, 2.05) is 0 Å². The predicted octanol–water partition coefficient (Wildman–Crippen LogP) is 0.241. The van der Waals surface area contributed by atoms with Crippen molar-refractivity contribution in [3.63, 3.8) is 0 Å². The lowest BCUT2D eigenvalue weighted by atomic mass is 9.88. The molecule has 0 aromatic carbocycles. The van der Waals surface area contributed by atoms with Crippen molar-refractivity contribution in [2.24, 2.45) is 0 Å². The van der Waals surface area contributed by atoms with Crippen LogP contribution in [0.15, 0.2) is 0 Å². The molecule has 2 fully saturated rings. The number of aliphatic carboxylic acids is 1. The quantitative estimate of drug-likeness (QED) is 0.679. The highest BCUT2D eigenvalue weighted by Gasteiger charge is 2.50. The Morgan fingerprint density at radius 1 is 1.40 bits per heavy atom. The van der Waals surface area contributed by atoms with Gasteiger partial charge in [0.15, 0.2) is 0 Å². The van der Waals surface area contributed by atoms with Gasteiger partial charge in [0.2, 0.25) is 6.41 Å². The molecule has 1 N–H and O–H groups in total. The van der Waals surface area contributed by atoms with Gasteiger partial charge >= 0.3 is 5.97 Å². The van der Waals surface area contributed by atoms with Gasteiger partial charge in [-0.15, -0.1) is 0 Å². The molecule has 1 heterocycles. The third kappa shape index (κ3) is 1.71. The maximum Gasteiger partial charge on any atom is 0.329 e. The Balaban J connectivity index is 2.22. The lowest BCUT2D eigenvalue weighted by Crippen LogP contribution is -2.58. The molecule has 1 aliphatic heterocycles. The molecule has 5 heteroatoms. The van der Waals surface area contributed by atoms with E-state index < -0.39 is 11.5 Å². The molecule has 1 saturated heterocycles. The Bertz CT molecular complexity index is 269. The monoisotopic (exact) mass is 213 g/mol. The SMILES string of the molecule is O=CN(C1CC1)C1(C(=O)O)CCOCC1. The van der Waals surface area contributed by atoms with Crippen LogP contribution >= 0.6 is 0 Å². The van der Waals surface area contributed by atoms with Gasteiger partial charge in [-0.1, -0.05) is 0 Å². The Kier molecular flexibility index (Phi) is 2.65. The first-order valence-corrected chi connectivity index (χ1v) is 5.25. The Hall–Kier alpha value is -1.10. The fourth-order valence-electron chi connectivity index (χ4n) is 2.18. The van der Waals surface area contributed by atoms with E-state index in [1.165, 1.54) is 4.90 Å². The van der Waals surface area contributed by atoms with E-state index in [4.69, 9.17) is 4.74 Å². The second kappa shape index (κ2) is 3.81. The van der Waals surface area contributed by atoms with Gasteiger partial charge < -0.3 is 14.7 Å². The molecule has 0 spiro atoms. The maximum absolute atomic E-state index is 11.4. The third-order valence-corrected chi connectivity index (χ3v) is 3.27. The smallest absolute Gasteiger partial charge is 0.329 e. The van der Waals surface area contributed by atoms with Crippen molar-refractivity contribution in [1.29, 1.82) is 0 Å². The summed E-state index contributed by atoms with van der Waals surface area (Å²) >= 11 is 0. The van der Waals surface area contributed by atoms with Gasteiger partial charge in [-0.25, -0.2) is 4.79 Å². The molecular formula is C10H15NO4. The van der Waals surface area contributed by atoms with Gasteiger partial charge in [-0.3, -0.25) is 4.79 Å². The van der Waals surface area contributed by atoms with Crippen molar-refractivity contribution in [1.82, 2.24) is 4.90 Å². The van der Waals surface area contributed by atoms with Crippen LogP contribution in [0.1, 0.15) is 25.7 Å². The predicted molar refractivity (Wildman–Crippen MR) is 51.3 cm³/mol. The molecule has 0 bridgehead atoms. The van der Waals surface area contributed by atoms with Gasteiger partial charge in [-0.2, -0.15) is 0 Å². The number of carbonyl (C=O) groups is 2. The number of ether oxygens (including phenoxy) is 1. The first-order chi connectivity index (χ1) is 7.20. The fraction of sp³-hybridized carbons (Fsp3) is 0.800. The molecule has 0 aromatic rings. The average Bonchev–Trinajstić information content (AvgIpc) is 3.04. The normalized spacial score (nSPS) is 24.5. The lowest BCUT2D eigenvalue weighted by Gasteiger charge is -2.41. The van der Waals surface area contributed by atoms with Crippen LogP contribution in [0.25, 0.3) is 0 Å². The van der Waals surface area contributed by atoms with Crippen molar-refractivity contribution in [3.05, 3.63) is 0 Å². The van der Waals surface area contributed by atoms with Crippen molar-refractivity contribution >= 4 is 12.4 Å². The minimum atomic E-state index is -1.01. The van der Waals surface area contributed by atoms with Gasteiger partial charge in [-0.05, 0) is 12.8 Å². The van der Waals surface area contributed by atoms with E-state index in [0.717, 1.165) is 12.8 Å². The standard InChI is InChI=1S/C10H15NO4/c12-7-11(8-1-2-8)10(9(13)14)3-5-15-6-4-10/h7-8H,1-6H2,(H,13,14). The molecule has 0 aromatic heterocycles. The number of nitrogens with zero attached hydrogens (tertiary/aromatic N) is 1. The first-order valence-electron chi connectivity index (χ1n) is 5.25. The summed E-state index contributed by atoms with van der Waals surface area (Å²) in [4.78, 5) is 23.9. The van der Waals surface area contributed by atoms with Crippen molar-refractivity contribution in [3.8, 4) is 0 Å². The summed E-state index contributed by atoms with van der Waals surface area (Å²) in [5.74, 6) is -0.898. The summed E-state index contributed by atoms with van der Waals surface area (Å²) in [5.41, 5.74) is -1.01. The van der Waals surface area contributed by atoms with E-state index >= 15 is 0 Å². The summed E-state index contributed by atoms with van der Waals surface area (Å²) < 4.78 is 5.16. The number of hydrogen-bond donors (Lipinski definition) is 1. The van der Waals surface area contributed by atoms with Crippen LogP contribution in [-0.2, 0) is 14.3 Å². The average molecular weight is 213 g/mol. The highest BCUT2D eigenvalue weighted by atomic mass is 16.5. The molecule has 0 atom stereocenters. The largest absolute Gasteiger partial charge is 0.479 e. The Morgan fingerprint density at radius 2 is 2.00 bits per heavy atom. The minimum absolute atomic E-state index is 0.136. The number of rotatable bonds is 4. The summed E-state index contributed by atoms with van der Waals surface area (Å²) in [5, 5.41) is 9.31. The lowest BCUT2D eigenvalue weighted by molar-refractivity contribution is -0.162. The van der Waals surface area contributed by atoms with Gasteiger partial charge in [0.1, 0.15) is 5.54 Å². The van der Waals surface area contributed by atoms with Crippen LogP contribution in [0, 0.1) is 0 Å². The second-order valence-corrected chi connectivity index (χ2v) is 4.19.